The van der Waals surface area contributed by atoms with E-state index >= 15 is 0 Å². The quantitative estimate of drug-likeness (QED) is 0.827. The standard InChI is InChI=1S/C17H27N/c1-5-18-16(13-9-8-10-13)14-11-6-7-12-15(14)17(2,3)4/h6-7,11-13,16,18H,5,8-10H2,1-4H3. The van der Waals surface area contributed by atoms with E-state index in [1.54, 1.807) is 0 Å². The van der Waals surface area contributed by atoms with Gasteiger partial charge >= 0.3 is 0 Å². The van der Waals surface area contributed by atoms with Gasteiger partial charge in [-0.15, -0.1) is 0 Å². The minimum atomic E-state index is 0.230. The van der Waals surface area contributed by atoms with Gasteiger partial charge in [0.05, 0.1) is 0 Å². The van der Waals surface area contributed by atoms with E-state index in [4.69, 9.17) is 0 Å². The van der Waals surface area contributed by atoms with Crippen LogP contribution in [0.1, 0.15) is 64.1 Å². The highest BCUT2D eigenvalue weighted by Gasteiger charge is 2.31. The number of hydrogen-bond donors (Lipinski definition) is 1. The van der Waals surface area contributed by atoms with Crippen molar-refractivity contribution in [2.75, 3.05) is 6.54 Å². The molecular formula is C17H27N. The first-order valence-corrected chi connectivity index (χ1v) is 7.37. The largest absolute Gasteiger partial charge is 0.310 e. The molecule has 1 aliphatic carbocycles. The molecule has 1 atom stereocenters. The molecule has 0 spiro atoms. The molecule has 0 saturated heterocycles. The van der Waals surface area contributed by atoms with Gasteiger partial charge in [-0.25, -0.2) is 0 Å². The number of hydrogen-bond acceptors (Lipinski definition) is 1. The summed E-state index contributed by atoms with van der Waals surface area (Å²) >= 11 is 0. The summed E-state index contributed by atoms with van der Waals surface area (Å²) in [6.07, 6.45) is 4.18. The van der Waals surface area contributed by atoms with Gasteiger partial charge in [0, 0.05) is 6.04 Å². The lowest BCUT2D eigenvalue weighted by Crippen LogP contribution is -2.34. The smallest absolute Gasteiger partial charge is 0.0351 e. The molecule has 1 saturated carbocycles. The van der Waals surface area contributed by atoms with Gasteiger partial charge in [-0.1, -0.05) is 58.4 Å². The van der Waals surface area contributed by atoms with Crippen molar-refractivity contribution in [3.05, 3.63) is 35.4 Å². The first-order valence-electron chi connectivity index (χ1n) is 7.37. The van der Waals surface area contributed by atoms with Gasteiger partial charge in [0.25, 0.3) is 0 Å². The molecule has 100 valence electrons. The molecule has 1 unspecified atom stereocenters. The van der Waals surface area contributed by atoms with Crippen molar-refractivity contribution in [1.29, 1.82) is 0 Å². The number of benzene rings is 1. The third-order valence-electron chi connectivity index (χ3n) is 4.15. The summed E-state index contributed by atoms with van der Waals surface area (Å²) in [5, 5.41) is 3.71. The zero-order valence-electron chi connectivity index (χ0n) is 12.3. The van der Waals surface area contributed by atoms with Crippen molar-refractivity contribution in [2.45, 2.75) is 58.4 Å². The molecule has 1 aromatic carbocycles. The van der Waals surface area contributed by atoms with Crippen LogP contribution in [0, 0.1) is 5.92 Å². The molecule has 1 N–H and O–H groups in total. The first-order chi connectivity index (χ1) is 8.54. The summed E-state index contributed by atoms with van der Waals surface area (Å²) in [5.41, 5.74) is 3.26. The molecule has 0 amide bonds. The minimum Gasteiger partial charge on any atom is -0.310 e. The van der Waals surface area contributed by atoms with Gasteiger partial charge in [0.1, 0.15) is 0 Å². The van der Waals surface area contributed by atoms with Crippen LogP contribution in [0.2, 0.25) is 0 Å². The molecule has 1 aromatic rings. The Morgan fingerprint density at radius 3 is 2.39 bits per heavy atom. The van der Waals surface area contributed by atoms with Crippen LogP contribution in [-0.4, -0.2) is 6.54 Å². The van der Waals surface area contributed by atoms with Crippen molar-refractivity contribution in [3.63, 3.8) is 0 Å². The lowest BCUT2D eigenvalue weighted by atomic mass is 9.73. The predicted octanol–water partition coefficient (Wildman–Crippen LogP) is 4.43. The lowest BCUT2D eigenvalue weighted by Gasteiger charge is -2.37. The van der Waals surface area contributed by atoms with Crippen LogP contribution in [0.25, 0.3) is 0 Å². The van der Waals surface area contributed by atoms with Gasteiger partial charge in [0.2, 0.25) is 0 Å². The maximum atomic E-state index is 3.71. The number of rotatable bonds is 4. The molecule has 1 nitrogen and oxygen atoms in total. The second kappa shape index (κ2) is 5.44. The van der Waals surface area contributed by atoms with E-state index in [1.807, 2.05) is 0 Å². The molecule has 0 radical (unpaired) electrons. The second-order valence-corrected chi connectivity index (χ2v) is 6.56. The molecule has 1 fully saturated rings. The Bertz CT molecular complexity index is 385. The van der Waals surface area contributed by atoms with Crippen molar-refractivity contribution in [3.8, 4) is 0 Å². The monoisotopic (exact) mass is 245 g/mol. The summed E-state index contributed by atoms with van der Waals surface area (Å²) in [6, 6.07) is 9.55. The average molecular weight is 245 g/mol. The van der Waals surface area contributed by atoms with Crippen molar-refractivity contribution in [1.82, 2.24) is 5.32 Å². The van der Waals surface area contributed by atoms with Gasteiger partial charge in [-0.05, 0) is 41.8 Å². The molecule has 0 aromatic heterocycles. The summed E-state index contributed by atoms with van der Waals surface area (Å²) in [7, 11) is 0. The third kappa shape index (κ3) is 2.77. The van der Waals surface area contributed by atoms with E-state index in [0.29, 0.717) is 6.04 Å². The average Bonchev–Trinajstić information content (AvgIpc) is 2.25. The molecular weight excluding hydrogens is 218 g/mol. The Balaban J connectivity index is 2.34. The van der Waals surface area contributed by atoms with Gasteiger partial charge in [-0.2, -0.15) is 0 Å². The van der Waals surface area contributed by atoms with Crippen LogP contribution in [0.15, 0.2) is 24.3 Å². The fourth-order valence-electron chi connectivity index (χ4n) is 2.97. The van der Waals surface area contributed by atoms with E-state index in [2.05, 4.69) is 57.3 Å². The fourth-order valence-corrected chi connectivity index (χ4v) is 2.97. The number of nitrogens with one attached hydrogen (secondary N) is 1. The molecule has 1 aliphatic rings. The third-order valence-corrected chi connectivity index (χ3v) is 4.15. The van der Waals surface area contributed by atoms with Gasteiger partial charge in [0.15, 0.2) is 0 Å². The Kier molecular flexibility index (Phi) is 4.11. The molecule has 0 aliphatic heterocycles. The molecule has 0 heterocycles. The summed E-state index contributed by atoms with van der Waals surface area (Å²) < 4.78 is 0. The van der Waals surface area contributed by atoms with Crippen molar-refractivity contribution in [2.24, 2.45) is 5.92 Å². The topological polar surface area (TPSA) is 12.0 Å². The second-order valence-electron chi connectivity index (χ2n) is 6.56. The maximum absolute atomic E-state index is 3.71. The highest BCUT2D eigenvalue weighted by atomic mass is 14.9. The van der Waals surface area contributed by atoms with Crippen LogP contribution in [0.5, 0.6) is 0 Å². The summed E-state index contributed by atoms with van der Waals surface area (Å²) in [5.74, 6) is 0.841. The van der Waals surface area contributed by atoms with E-state index < -0.39 is 0 Å². The van der Waals surface area contributed by atoms with E-state index in [0.717, 1.165) is 12.5 Å². The molecule has 2 rings (SSSR count). The Hall–Kier alpha value is -0.820. The first kappa shape index (κ1) is 13.6. The molecule has 1 heteroatoms. The van der Waals surface area contributed by atoms with Crippen molar-refractivity contribution < 1.29 is 0 Å². The van der Waals surface area contributed by atoms with E-state index in [1.165, 1.54) is 30.4 Å². The van der Waals surface area contributed by atoms with Gasteiger partial charge in [-0.3, -0.25) is 0 Å². The van der Waals surface area contributed by atoms with Crippen LogP contribution in [-0.2, 0) is 5.41 Å². The molecule has 0 bridgehead atoms. The van der Waals surface area contributed by atoms with Crippen molar-refractivity contribution >= 4 is 0 Å². The Morgan fingerprint density at radius 1 is 1.22 bits per heavy atom. The summed E-state index contributed by atoms with van der Waals surface area (Å²) in [4.78, 5) is 0. The van der Waals surface area contributed by atoms with Gasteiger partial charge < -0.3 is 5.32 Å². The summed E-state index contributed by atoms with van der Waals surface area (Å²) in [6.45, 7) is 10.2. The Labute approximate surface area is 112 Å². The zero-order valence-corrected chi connectivity index (χ0v) is 12.3. The SMILES string of the molecule is CCNC(c1ccccc1C(C)(C)C)C1CCC1. The zero-order chi connectivity index (χ0) is 13.2. The lowest BCUT2D eigenvalue weighted by molar-refractivity contribution is 0.231. The van der Waals surface area contributed by atoms with E-state index in [9.17, 15) is 0 Å². The Morgan fingerprint density at radius 2 is 1.89 bits per heavy atom. The molecule has 18 heavy (non-hydrogen) atoms. The van der Waals surface area contributed by atoms with Crippen LogP contribution in [0.3, 0.4) is 0 Å². The van der Waals surface area contributed by atoms with Crippen LogP contribution in [0.4, 0.5) is 0 Å². The normalized spacial score (nSPS) is 18.4. The predicted molar refractivity (Wildman–Crippen MR) is 78.9 cm³/mol. The van der Waals surface area contributed by atoms with Crippen LogP contribution >= 0.6 is 0 Å². The van der Waals surface area contributed by atoms with Crippen LogP contribution < -0.4 is 5.32 Å². The highest BCUT2D eigenvalue weighted by molar-refractivity contribution is 5.35. The van der Waals surface area contributed by atoms with E-state index in [-0.39, 0.29) is 5.41 Å². The highest BCUT2D eigenvalue weighted by Crippen LogP contribution is 2.40. The fraction of sp³-hybridized carbons (Fsp3) is 0.647. The maximum Gasteiger partial charge on any atom is 0.0351 e. The minimum absolute atomic E-state index is 0.230.